The molecule has 0 heterocycles. The Morgan fingerprint density at radius 2 is 1.57 bits per heavy atom. The molecule has 0 unspecified atom stereocenters. The lowest BCUT2D eigenvalue weighted by Crippen LogP contribution is -1.63. The molecular formula is C5H10Cl2. The van der Waals surface area contributed by atoms with Crippen molar-refractivity contribution >= 4 is 23.2 Å². The first-order chi connectivity index (χ1) is 3.15. The fourth-order valence-electron chi connectivity index (χ4n) is 0. The van der Waals surface area contributed by atoms with E-state index in [4.69, 9.17) is 23.2 Å². The van der Waals surface area contributed by atoms with Crippen molar-refractivity contribution in [3.05, 3.63) is 12.7 Å². The summed E-state index contributed by atoms with van der Waals surface area (Å²) in [5.74, 6) is 0. The van der Waals surface area contributed by atoms with Gasteiger partial charge in [-0.15, -0.1) is 29.8 Å². The summed E-state index contributed by atoms with van der Waals surface area (Å²) in [7, 11) is 0. The Hall–Kier alpha value is 0.320. The fraction of sp³-hybridized carbons (Fsp3) is 0.600. The molecule has 0 nitrogen and oxygen atoms in total. The smallest absolute Gasteiger partial charge is 0.105 e. The van der Waals surface area contributed by atoms with Gasteiger partial charge in [0, 0.05) is 0 Å². The van der Waals surface area contributed by atoms with Crippen LogP contribution in [0.5, 0.6) is 0 Å². The van der Waals surface area contributed by atoms with Crippen LogP contribution in [0, 0.1) is 0 Å². The van der Waals surface area contributed by atoms with E-state index in [1.807, 2.05) is 6.92 Å². The molecule has 2 heteroatoms. The van der Waals surface area contributed by atoms with Crippen molar-refractivity contribution in [2.24, 2.45) is 0 Å². The quantitative estimate of drug-likeness (QED) is 0.359. The van der Waals surface area contributed by atoms with E-state index in [1.165, 1.54) is 0 Å². The summed E-state index contributed by atoms with van der Waals surface area (Å²) in [5.41, 5.74) is 0. The maximum atomic E-state index is 5.04. The molecule has 0 atom stereocenters. The molecule has 0 N–H and O–H groups in total. The van der Waals surface area contributed by atoms with Crippen LogP contribution in [0.15, 0.2) is 12.7 Å². The van der Waals surface area contributed by atoms with Gasteiger partial charge in [0.05, 0.1) is 0 Å². The first kappa shape index (κ1) is 10.3. The van der Waals surface area contributed by atoms with Gasteiger partial charge in [0.25, 0.3) is 0 Å². The molecule has 0 spiro atoms. The molecule has 0 aromatic carbocycles. The molecule has 0 bridgehead atoms. The molecule has 0 radical (unpaired) electrons. The zero-order valence-corrected chi connectivity index (χ0v) is 6.13. The van der Waals surface area contributed by atoms with Gasteiger partial charge in [0.1, 0.15) is 4.84 Å². The van der Waals surface area contributed by atoms with Crippen LogP contribution in [0.4, 0.5) is 0 Å². The predicted octanol–water partition coefficient (Wildman–Crippen LogP) is 3.00. The summed E-state index contributed by atoms with van der Waals surface area (Å²) in [4.78, 5) is -0.222. The van der Waals surface area contributed by atoms with Crippen LogP contribution in [0.2, 0.25) is 0 Å². The van der Waals surface area contributed by atoms with Gasteiger partial charge in [-0.1, -0.05) is 6.08 Å². The van der Waals surface area contributed by atoms with Gasteiger partial charge in [-0.05, 0) is 13.8 Å². The van der Waals surface area contributed by atoms with Gasteiger partial charge in [-0.25, -0.2) is 0 Å². The Morgan fingerprint density at radius 3 is 1.57 bits per heavy atom. The second kappa shape index (κ2) is 9.58. The normalized spacial score (nSPS) is 7.00. The van der Waals surface area contributed by atoms with Crippen molar-refractivity contribution in [1.82, 2.24) is 0 Å². The van der Waals surface area contributed by atoms with Crippen molar-refractivity contribution in [3.63, 3.8) is 0 Å². The third-order valence-corrected chi connectivity index (χ3v) is 0. The monoisotopic (exact) mass is 140 g/mol. The highest BCUT2D eigenvalue weighted by molar-refractivity contribution is 6.43. The van der Waals surface area contributed by atoms with E-state index in [2.05, 4.69) is 6.58 Å². The molecule has 0 saturated heterocycles. The van der Waals surface area contributed by atoms with Crippen LogP contribution >= 0.6 is 23.2 Å². The maximum Gasteiger partial charge on any atom is 0.105 e. The average molecular weight is 141 g/mol. The van der Waals surface area contributed by atoms with Gasteiger partial charge in [-0.3, -0.25) is 0 Å². The number of hydrogen-bond acceptors (Lipinski definition) is 0. The maximum absolute atomic E-state index is 5.04. The largest absolute Gasteiger partial charge is 0.106 e. The lowest BCUT2D eigenvalue weighted by atomic mass is 10.8. The number of alkyl halides is 2. The standard InChI is InChI=1S/C3H6.C2H4Cl2/c1-3-2;1-2(3)4/h3H,1H2,2H3;2H,1H3. The third-order valence-electron chi connectivity index (χ3n) is 0. The predicted molar refractivity (Wildman–Crippen MR) is 37.0 cm³/mol. The minimum absolute atomic E-state index is 0.222. The highest BCUT2D eigenvalue weighted by atomic mass is 35.5. The van der Waals surface area contributed by atoms with Crippen LogP contribution in [0.3, 0.4) is 0 Å². The van der Waals surface area contributed by atoms with Crippen molar-refractivity contribution in [3.8, 4) is 0 Å². The van der Waals surface area contributed by atoms with E-state index in [-0.39, 0.29) is 4.84 Å². The van der Waals surface area contributed by atoms with Crippen molar-refractivity contribution in [1.29, 1.82) is 0 Å². The molecule has 0 aromatic rings. The summed E-state index contributed by atoms with van der Waals surface area (Å²) in [6, 6.07) is 0. The van der Waals surface area contributed by atoms with Crippen molar-refractivity contribution in [2.75, 3.05) is 0 Å². The first-order valence-electron chi connectivity index (χ1n) is 2.00. The molecule has 0 saturated carbocycles. The van der Waals surface area contributed by atoms with Crippen LogP contribution in [0.1, 0.15) is 13.8 Å². The van der Waals surface area contributed by atoms with E-state index >= 15 is 0 Å². The Bertz CT molecular complexity index is 30.3. The Labute approximate surface area is 55.1 Å². The summed E-state index contributed by atoms with van der Waals surface area (Å²) in [6.45, 7) is 6.95. The number of halogens is 2. The SMILES string of the molecule is C=CC.CC(Cl)Cl. The van der Waals surface area contributed by atoms with Crippen LogP contribution < -0.4 is 0 Å². The minimum Gasteiger partial charge on any atom is -0.106 e. The van der Waals surface area contributed by atoms with Gasteiger partial charge < -0.3 is 0 Å². The van der Waals surface area contributed by atoms with E-state index in [0.29, 0.717) is 0 Å². The zero-order chi connectivity index (χ0) is 6.28. The Morgan fingerprint density at radius 1 is 1.57 bits per heavy atom. The Balaban J connectivity index is 0. The van der Waals surface area contributed by atoms with Gasteiger partial charge >= 0.3 is 0 Å². The van der Waals surface area contributed by atoms with Crippen LogP contribution in [0.25, 0.3) is 0 Å². The lowest BCUT2D eigenvalue weighted by Gasteiger charge is -1.72. The van der Waals surface area contributed by atoms with Gasteiger partial charge in [-0.2, -0.15) is 0 Å². The molecule has 0 aromatic heterocycles. The summed E-state index contributed by atoms with van der Waals surface area (Å²) < 4.78 is 0. The lowest BCUT2D eigenvalue weighted by molar-refractivity contribution is 1.39. The summed E-state index contributed by atoms with van der Waals surface area (Å²) >= 11 is 10.1. The van der Waals surface area contributed by atoms with E-state index in [1.54, 1.807) is 13.0 Å². The minimum atomic E-state index is -0.222. The average Bonchev–Trinajstić information content (AvgIpc) is 1.33. The highest BCUT2D eigenvalue weighted by Gasteiger charge is 1.75. The zero-order valence-electron chi connectivity index (χ0n) is 4.62. The summed E-state index contributed by atoms with van der Waals surface area (Å²) in [6.07, 6.45) is 1.75. The van der Waals surface area contributed by atoms with Gasteiger partial charge in [0.15, 0.2) is 0 Å². The molecule has 0 aliphatic heterocycles. The van der Waals surface area contributed by atoms with Crippen molar-refractivity contribution in [2.45, 2.75) is 18.7 Å². The molecular weight excluding hydrogens is 131 g/mol. The highest BCUT2D eigenvalue weighted by Crippen LogP contribution is 1.95. The number of rotatable bonds is 0. The second-order valence-electron chi connectivity index (χ2n) is 0.927. The van der Waals surface area contributed by atoms with E-state index < -0.39 is 0 Å². The van der Waals surface area contributed by atoms with E-state index in [9.17, 15) is 0 Å². The second-order valence-corrected chi connectivity index (χ2v) is 2.46. The molecule has 44 valence electrons. The molecule has 0 aliphatic carbocycles. The number of hydrogen-bond donors (Lipinski definition) is 0. The van der Waals surface area contributed by atoms with E-state index in [0.717, 1.165) is 0 Å². The van der Waals surface area contributed by atoms with Crippen LogP contribution in [-0.4, -0.2) is 4.84 Å². The summed E-state index contributed by atoms with van der Waals surface area (Å²) in [5, 5.41) is 0. The molecule has 0 fully saturated rings. The van der Waals surface area contributed by atoms with Crippen molar-refractivity contribution < 1.29 is 0 Å². The topological polar surface area (TPSA) is 0 Å². The fourth-order valence-corrected chi connectivity index (χ4v) is 0. The third kappa shape index (κ3) is 1150. The molecule has 7 heavy (non-hydrogen) atoms. The Kier molecular flexibility index (Phi) is 14.1. The molecule has 0 rings (SSSR count). The first-order valence-corrected chi connectivity index (χ1v) is 2.87. The molecule has 0 aliphatic rings. The molecule has 0 amide bonds. The van der Waals surface area contributed by atoms with Gasteiger partial charge in [0.2, 0.25) is 0 Å². The van der Waals surface area contributed by atoms with Crippen LogP contribution in [-0.2, 0) is 0 Å². The number of allylic oxidation sites excluding steroid dienone is 1.